The number of alkyl halides is 3. The van der Waals surface area contributed by atoms with E-state index in [0.29, 0.717) is 11.4 Å². The number of allylic oxidation sites excluding steroid dienone is 1. The van der Waals surface area contributed by atoms with Crippen LogP contribution in [-0.2, 0) is 10.0 Å². The monoisotopic (exact) mass is 593 g/mol. The second kappa shape index (κ2) is 11.2. The van der Waals surface area contributed by atoms with E-state index in [9.17, 15) is 26.4 Å². The van der Waals surface area contributed by atoms with Gasteiger partial charge in [0, 0.05) is 41.0 Å². The number of benzene rings is 1. The van der Waals surface area contributed by atoms with Gasteiger partial charge in [0.05, 0.1) is 20.5 Å². The van der Waals surface area contributed by atoms with Gasteiger partial charge in [-0.15, -0.1) is 0 Å². The number of carbonyl (C=O) groups excluding carboxylic acids is 1. The van der Waals surface area contributed by atoms with Crippen molar-refractivity contribution in [3.8, 4) is 22.8 Å². The lowest BCUT2D eigenvalue weighted by Gasteiger charge is -2.25. The maximum atomic E-state index is 13.6. The van der Waals surface area contributed by atoms with Crippen LogP contribution in [0.4, 0.5) is 30.6 Å². The van der Waals surface area contributed by atoms with Crippen molar-refractivity contribution in [3.63, 3.8) is 0 Å². The number of anilines is 3. The lowest BCUT2D eigenvalue weighted by molar-refractivity contribution is -0.142. The number of rotatable bonds is 8. The van der Waals surface area contributed by atoms with E-state index in [1.165, 1.54) is 39.6 Å². The summed E-state index contributed by atoms with van der Waals surface area (Å²) in [6, 6.07) is 4.62. The Morgan fingerprint density at radius 1 is 1.07 bits per heavy atom. The topological polar surface area (TPSA) is 148 Å². The number of aromatic nitrogens is 3. The average molecular weight is 594 g/mol. The fourth-order valence-electron chi connectivity index (χ4n) is 4.01. The molecule has 1 atom stereocenters. The lowest BCUT2D eigenvalue weighted by Crippen LogP contribution is -2.45. The molecule has 218 valence electrons. The maximum absolute atomic E-state index is 13.6. The summed E-state index contributed by atoms with van der Waals surface area (Å²) in [5, 5.41) is 4.18. The highest BCUT2D eigenvalue weighted by molar-refractivity contribution is 7.89. The van der Waals surface area contributed by atoms with E-state index in [4.69, 9.17) is 9.47 Å². The number of nitrogens with zero attached hydrogens (tertiary/aromatic N) is 4. The van der Waals surface area contributed by atoms with E-state index in [2.05, 4.69) is 25.7 Å². The van der Waals surface area contributed by atoms with Crippen LogP contribution < -0.4 is 29.9 Å². The molecular weight excluding hydrogens is 567 g/mol. The number of hydrazine groups is 1. The second-order valence-corrected chi connectivity index (χ2v) is 10.8. The number of carbonyl (C=O) groups is 1. The van der Waals surface area contributed by atoms with Crippen LogP contribution in [0.25, 0.3) is 11.1 Å². The highest BCUT2D eigenvalue weighted by Gasteiger charge is 2.43. The first-order valence-corrected chi connectivity index (χ1v) is 13.8. The minimum absolute atomic E-state index is 0.00376. The average Bonchev–Trinajstić information content (AvgIpc) is 3.29. The summed E-state index contributed by atoms with van der Waals surface area (Å²) >= 11 is 0. The summed E-state index contributed by atoms with van der Waals surface area (Å²) in [5.74, 6) is -0.555. The fourth-order valence-corrected chi connectivity index (χ4v) is 4.46. The Morgan fingerprint density at radius 3 is 2.41 bits per heavy atom. The number of hydrogen-bond acceptors (Lipinski definition) is 11. The van der Waals surface area contributed by atoms with Gasteiger partial charge >= 0.3 is 6.18 Å². The van der Waals surface area contributed by atoms with Crippen LogP contribution in [0, 0.1) is 6.92 Å². The van der Waals surface area contributed by atoms with Gasteiger partial charge in [0.15, 0.2) is 5.82 Å². The molecule has 0 aliphatic carbocycles. The van der Waals surface area contributed by atoms with Gasteiger partial charge in [-0.2, -0.15) is 18.2 Å². The zero-order valence-electron chi connectivity index (χ0n) is 22.5. The van der Waals surface area contributed by atoms with Crippen molar-refractivity contribution in [1.29, 1.82) is 0 Å². The van der Waals surface area contributed by atoms with Gasteiger partial charge in [-0.25, -0.2) is 28.5 Å². The molecule has 16 heteroatoms. The van der Waals surface area contributed by atoms with E-state index < -0.39 is 28.1 Å². The van der Waals surface area contributed by atoms with Crippen LogP contribution in [0.1, 0.15) is 22.8 Å². The van der Waals surface area contributed by atoms with Crippen molar-refractivity contribution in [2.75, 3.05) is 30.8 Å². The lowest BCUT2D eigenvalue weighted by atomic mass is 10.1. The largest absolute Gasteiger partial charge is 0.497 e. The third kappa shape index (κ3) is 6.83. The fraction of sp³-hybridized carbons (Fsp3) is 0.280. The van der Waals surface area contributed by atoms with Gasteiger partial charge in [-0.1, -0.05) is 0 Å². The Hall–Kier alpha value is -4.44. The number of amides is 1. The molecule has 0 bridgehead atoms. The molecule has 0 saturated carbocycles. The summed E-state index contributed by atoms with van der Waals surface area (Å²) in [6.07, 6.45) is -0.132. The number of hydrogen-bond donors (Lipinski definition) is 3. The maximum Gasteiger partial charge on any atom is 0.409 e. The third-order valence-electron chi connectivity index (χ3n) is 5.78. The van der Waals surface area contributed by atoms with Crippen molar-refractivity contribution in [1.82, 2.24) is 25.1 Å². The molecule has 0 radical (unpaired) electrons. The quantitative estimate of drug-likeness (QED) is 0.353. The molecule has 41 heavy (non-hydrogen) atoms. The molecule has 1 aliphatic rings. The Bertz CT molecular complexity index is 1630. The smallest absolute Gasteiger partial charge is 0.409 e. The van der Waals surface area contributed by atoms with Crippen molar-refractivity contribution >= 4 is 33.4 Å². The van der Waals surface area contributed by atoms with Gasteiger partial charge in [-0.05, 0) is 43.7 Å². The third-order valence-corrected chi connectivity index (χ3v) is 6.34. The van der Waals surface area contributed by atoms with Crippen LogP contribution in [0.2, 0.25) is 0 Å². The number of nitrogens with one attached hydrogen (secondary N) is 3. The Labute approximate surface area is 233 Å². The molecule has 12 nitrogen and oxygen atoms in total. The first kappa shape index (κ1) is 29.5. The standard InChI is InChI=1S/C25H26F3N7O5S/c1-13-6-16(10-17(7-13)39-3)31-24-30-12-19(21(32-24)35-14(2)8-20(33-35)25(26,27)28)15-9-18(23(40-4)29-11-15)22(36)34-41(5,37)38/h6-12,20,33H,1-5H3,(H,34,36)(H,30,31,32). The number of ether oxygens (including phenoxy) is 2. The minimum Gasteiger partial charge on any atom is -0.497 e. The van der Waals surface area contributed by atoms with Crippen LogP contribution in [-0.4, -0.2) is 62.0 Å². The number of sulfonamides is 1. The highest BCUT2D eigenvalue weighted by atomic mass is 32.2. The zero-order chi connectivity index (χ0) is 30.1. The number of halogens is 3. The number of aryl methyl sites for hydroxylation is 1. The SMILES string of the molecule is COc1cc(C)cc(Nc2ncc(-c3cnc(OC)c(C(=O)NS(C)(=O)=O)c3)c(N3NC(C(F)(F)F)C=C3C)n2)c1. The van der Waals surface area contributed by atoms with Crippen LogP contribution >= 0.6 is 0 Å². The molecule has 0 fully saturated rings. The molecular formula is C25H26F3N7O5S. The van der Waals surface area contributed by atoms with Gasteiger partial charge < -0.3 is 14.8 Å². The first-order chi connectivity index (χ1) is 19.2. The van der Waals surface area contributed by atoms with Crippen molar-refractivity contribution in [3.05, 3.63) is 59.6 Å². The molecule has 1 unspecified atom stereocenters. The van der Waals surface area contributed by atoms with E-state index in [1.54, 1.807) is 12.1 Å². The summed E-state index contributed by atoms with van der Waals surface area (Å²) in [5.41, 5.74) is 4.19. The van der Waals surface area contributed by atoms with Crippen LogP contribution in [0.5, 0.6) is 11.6 Å². The van der Waals surface area contributed by atoms with Gasteiger partial charge in [0.2, 0.25) is 21.9 Å². The Morgan fingerprint density at radius 2 is 1.80 bits per heavy atom. The molecule has 3 heterocycles. The molecule has 1 aliphatic heterocycles. The molecule has 4 rings (SSSR count). The number of methoxy groups -OCH3 is 2. The first-order valence-electron chi connectivity index (χ1n) is 11.9. The van der Waals surface area contributed by atoms with Crippen molar-refractivity contribution in [2.24, 2.45) is 0 Å². The predicted octanol–water partition coefficient (Wildman–Crippen LogP) is 3.46. The van der Waals surface area contributed by atoms with E-state index in [0.717, 1.165) is 22.9 Å². The molecule has 0 saturated heterocycles. The van der Waals surface area contributed by atoms with Gasteiger partial charge in [0.1, 0.15) is 17.4 Å². The minimum atomic E-state index is -4.58. The molecule has 2 aromatic heterocycles. The van der Waals surface area contributed by atoms with Crippen molar-refractivity contribution < 1.29 is 35.9 Å². The summed E-state index contributed by atoms with van der Waals surface area (Å²) in [7, 11) is -1.16. The second-order valence-electron chi connectivity index (χ2n) is 9.07. The Balaban J connectivity index is 1.83. The summed E-state index contributed by atoms with van der Waals surface area (Å²) in [4.78, 5) is 25.6. The van der Waals surface area contributed by atoms with Gasteiger partial charge in [0.25, 0.3) is 5.91 Å². The number of pyridine rings is 1. The van der Waals surface area contributed by atoms with E-state index in [-0.39, 0.29) is 40.0 Å². The summed E-state index contributed by atoms with van der Waals surface area (Å²) < 4.78 is 76.3. The van der Waals surface area contributed by atoms with Crippen molar-refractivity contribution in [2.45, 2.75) is 26.1 Å². The zero-order valence-corrected chi connectivity index (χ0v) is 23.3. The predicted molar refractivity (Wildman–Crippen MR) is 144 cm³/mol. The Kier molecular flexibility index (Phi) is 8.08. The molecule has 3 aromatic rings. The molecule has 1 aromatic carbocycles. The van der Waals surface area contributed by atoms with Crippen LogP contribution in [0.3, 0.4) is 0 Å². The highest BCUT2D eigenvalue weighted by Crippen LogP contribution is 2.36. The molecule has 1 amide bonds. The van der Waals surface area contributed by atoms with Gasteiger partial charge in [-0.3, -0.25) is 9.80 Å². The molecule has 3 N–H and O–H groups in total. The van der Waals surface area contributed by atoms with E-state index in [1.807, 2.05) is 17.7 Å². The van der Waals surface area contributed by atoms with E-state index >= 15 is 0 Å². The normalized spacial score (nSPS) is 15.4. The molecule has 0 spiro atoms. The summed E-state index contributed by atoms with van der Waals surface area (Å²) in [6.45, 7) is 3.33. The van der Waals surface area contributed by atoms with Crippen LogP contribution in [0.15, 0.2) is 48.4 Å².